The van der Waals surface area contributed by atoms with E-state index in [-0.39, 0.29) is 24.0 Å². The molecule has 0 bridgehead atoms. The first-order chi connectivity index (χ1) is 10.1. The SMILES string of the molecule is C=CC(=O)NCc1cc(O)ccc1C(=O)c1ccccc1. The molecule has 0 aliphatic rings. The molecule has 0 saturated carbocycles. The molecule has 0 saturated heterocycles. The van der Waals surface area contributed by atoms with Crippen LogP contribution in [-0.2, 0) is 11.3 Å². The minimum atomic E-state index is -0.337. The second-order valence-corrected chi connectivity index (χ2v) is 4.46. The average Bonchev–Trinajstić information content (AvgIpc) is 2.53. The van der Waals surface area contributed by atoms with Gasteiger partial charge in [-0.2, -0.15) is 0 Å². The first-order valence-corrected chi connectivity index (χ1v) is 6.43. The number of benzene rings is 2. The van der Waals surface area contributed by atoms with Crippen LogP contribution in [0.25, 0.3) is 0 Å². The Labute approximate surface area is 122 Å². The van der Waals surface area contributed by atoms with E-state index in [1.54, 1.807) is 30.3 Å². The number of carbonyl (C=O) groups excluding carboxylic acids is 2. The average molecular weight is 281 g/mol. The quantitative estimate of drug-likeness (QED) is 0.653. The lowest BCUT2D eigenvalue weighted by Gasteiger charge is -2.10. The van der Waals surface area contributed by atoms with Crippen molar-refractivity contribution in [3.05, 3.63) is 77.9 Å². The van der Waals surface area contributed by atoms with Gasteiger partial charge in [0.05, 0.1) is 0 Å². The van der Waals surface area contributed by atoms with E-state index in [9.17, 15) is 14.7 Å². The lowest BCUT2D eigenvalue weighted by molar-refractivity contribution is -0.116. The van der Waals surface area contributed by atoms with Gasteiger partial charge in [-0.25, -0.2) is 0 Å². The number of carbonyl (C=O) groups is 2. The third-order valence-electron chi connectivity index (χ3n) is 3.01. The molecular weight excluding hydrogens is 266 g/mol. The molecular formula is C17H15NO3. The summed E-state index contributed by atoms with van der Waals surface area (Å²) in [5.74, 6) is -0.447. The molecule has 0 aromatic heterocycles. The molecule has 0 unspecified atom stereocenters. The molecule has 2 aromatic rings. The van der Waals surface area contributed by atoms with Crippen LogP contribution in [0.3, 0.4) is 0 Å². The maximum Gasteiger partial charge on any atom is 0.243 e. The lowest BCUT2D eigenvalue weighted by Crippen LogP contribution is -2.21. The molecule has 2 rings (SSSR count). The Hall–Kier alpha value is -2.88. The number of hydrogen-bond acceptors (Lipinski definition) is 3. The van der Waals surface area contributed by atoms with E-state index in [0.717, 1.165) is 6.08 Å². The largest absolute Gasteiger partial charge is 0.508 e. The maximum absolute atomic E-state index is 12.5. The molecule has 4 heteroatoms. The summed E-state index contributed by atoms with van der Waals surface area (Å²) in [6.45, 7) is 3.51. The first-order valence-electron chi connectivity index (χ1n) is 6.43. The van der Waals surface area contributed by atoms with Gasteiger partial charge in [-0.05, 0) is 29.8 Å². The standard InChI is InChI=1S/C17H15NO3/c1-2-16(20)18-11-13-10-14(19)8-9-15(13)17(21)12-6-4-3-5-7-12/h2-10,19H,1,11H2,(H,18,20). The van der Waals surface area contributed by atoms with Crippen molar-refractivity contribution in [3.8, 4) is 5.75 Å². The number of phenolic OH excluding ortho intramolecular Hbond substituents is 1. The van der Waals surface area contributed by atoms with Crippen molar-refractivity contribution < 1.29 is 14.7 Å². The Kier molecular flexibility index (Phi) is 4.51. The fourth-order valence-electron chi connectivity index (χ4n) is 1.95. The van der Waals surface area contributed by atoms with E-state index in [2.05, 4.69) is 11.9 Å². The maximum atomic E-state index is 12.5. The number of rotatable bonds is 5. The molecule has 4 nitrogen and oxygen atoms in total. The van der Waals surface area contributed by atoms with E-state index in [1.807, 2.05) is 6.07 Å². The van der Waals surface area contributed by atoms with E-state index in [0.29, 0.717) is 16.7 Å². The summed E-state index contributed by atoms with van der Waals surface area (Å²) in [5, 5.41) is 12.2. The van der Waals surface area contributed by atoms with Crippen molar-refractivity contribution >= 4 is 11.7 Å². The van der Waals surface area contributed by atoms with Gasteiger partial charge in [-0.3, -0.25) is 9.59 Å². The van der Waals surface area contributed by atoms with Crippen molar-refractivity contribution in [1.82, 2.24) is 5.32 Å². The highest BCUT2D eigenvalue weighted by Gasteiger charge is 2.14. The fraction of sp³-hybridized carbons (Fsp3) is 0.0588. The summed E-state index contributed by atoms with van der Waals surface area (Å²) in [5.41, 5.74) is 1.56. The van der Waals surface area contributed by atoms with Gasteiger partial charge in [0.25, 0.3) is 0 Å². The van der Waals surface area contributed by atoms with Crippen LogP contribution in [-0.4, -0.2) is 16.8 Å². The van der Waals surface area contributed by atoms with Crippen LogP contribution in [0, 0.1) is 0 Å². The predicted octanol–water partition coefficient (Wildman–Crippen LogP) is 2.43. The topological polar surface area (TPSA) is 66.4 Å². The Morgan fingerprint density at radius 1 is 1.14 bits per heavy atom. The highest BCUT2D eigenvalue weighted by molar-refractivity contribution is 6.10. The van der Waals surface area contributed by atoms with E-state index in [4.69, 9.17) is 0 Å². The van der Waals surface area contributed by atoms with Crippen LogP contribution in [0.15, 0.2) is 61.2 Å². The van der Waals surface area contributed by atoms with Gasteiger partial charge >= 0.3 is 0 Å². The second-order valence-electron chi connectivity index (χ2n) is 4.46. The summed E-state index contributed by atoms with van der Waals surface area (Å²) < 4.78 is 0. The van der Waals surface area contributed by atoms with Crippen molar-refractivity contribution in [1.29, 1.82) is 0 Å². The van der Waals surface area contributed by atoms with E-state index >= 15 is 0 Å². The highest BCUT2D eigenvalue weighted by atomic mass is 16.3. The van der Waals surface area contributed by atoms with Gasteiger partial charge < -0.3 is 10.4 Å². The minimum Gasteiger partial charge on any atom is -0.508 e. The van der Waals surface area contributed by atoms with E-state index in [1.165, 1.54) is 12.1 Å². The zero-order valence-electron chi connectivity index (χ0n) is 11.4. The normalized spacial score (nSPS) is 9.90. The summed E-state index contributed by atoms with van der Waals surface area (Å²) in [4.78, 5) is 23.7. The minimum absolute atomic E-state index is 0.0439. The van der Waals surface area contributed by atoms with Gasteiger partial charge in [0.2, 0.25) is 5.91 Å². The zero-order chi connectivity index (χ0) is 15.2. The number of nitrogens with one attached hydrogen (secondary N) is 1. The molecule has 106 valence electrons. The molecule has 0 heterocycles. The van der Waals surface area contributed by atoms with Gasteiger partial charge in [-0.15, -0.1) is 0 Å². The number of hydrogen-bond donors (Lipinski definition) is 2. The van der Waals surface area contributed by atoms with Crippen LogP contribution >= 0.6 is 0 Å². The number of ketones is 1. The molecule has 1 amide bonds. The van der Waals surface area contributed by atoms with Crippen molar-refractivity contribution in [3.63, 3.8) is 0 Å². The van der Waals surface area contributed by atoms with Gasteiger partial charge in [-0.1, -0.05) is 36.9 Å². The number of aromatic hydroxyl groups is 1. The van der Waals surface area contributed by atoms with Crippen LogP contribution in [0.5, 0.6) is 5.75 Å². The molecule has 2 N–H and O–H groups in total. The van der Waals surface area contributed by atoms with Crippen LogP contribution < -0.4 is 5.32 Å². The van der Waals surface area contributed by atoms with Gasteiger partial charge in [0, 0.05) is 17.7 Å². The number of amides is 1. The fourth-order valence-corrected chi connectivity index (χ4v) is 1.95. The van der Waals surface area contributed by atoms with Gasteiger partial charge in [0.15, 0.2) is 5.78 Å². The van der Waals surface area contributed by atoms with Crippen LogP contribution in [0.4, 0.5) is 0 Å². The van der Waals surface area contributed by atoms with Gasteiger partial charge in [0.1, 0.15) is 5.75 Å². The Morgan fingerprint density at radius 3 is 2.52 bits per heavy atom. The van der Waals surface area contributed by atoms with E-state index < -0.39 is 0 Å². The smallest absolute Gasteiger partial charge is 0.243 e. The molecule has 0 aliphatic carbocycles. The summed E-state index contributed by atoms with van der Waals surface area (Å²) >= 11 is 0. The second kappa shape index (κ2) is 6.52. The third kappa shape index (κ3) is 3.57. The number of phenols is 1. The summed E-state index contributed by atoms with van der Waals surface area (Å²) in [6.07, 6.45) is 1.15. The first kappa shape index (κ1) is 14.5. The summed E-state index contributed by atoms with van der Waals surface area (Å²) in [7, 11) is 0. The van der Waals surface area contributed by atoms with Crippen molar-refractivity contribution in [2.75, 3.05) is 0 Å². The van der Waals surface area contributed by atoms with Crippen LogP contribution in [0.1, 0.15) is 21.5 Å². The highest BCUT2D eigenvalue weighted by Crippen LogP contribution is 2.20. The Balaban J connectivity index is 2.32. The van der Waals surface area contributed by atoms with Crippen molar-refractivity contribution in [2.45, 2.75) is 6.54 Å². The molecule has 0 aliphatic heterocycles. The molecule has 0 fully saturated rings. The molecule has 2 aromatic carbocycles. The third-order valence-corrected chi connectivity index (χ3v) is 3.01. The molecule has 0 radical (unpaired) electrons. The Morgan fingerprint density at radius 2 is 1.86 bits per heavy atom. The Bertz CT molecular complexity index is 678. The molecule has 0 atom stereocenters. The summed E-state index contributed by atoms with van der Waals surface area (Å²) in [6, 6.07) is 13.3. The van der Waals surface area contributed by atoms with Crippen LogP contribution in [0.2, 0.25) is 0 Å². The molecule has 21 heavy (non-hydrogen) atoms. The molecule has 0 spiro atoms. The van der Waals surface area contributed by atoms with Crippen molar-refractivity contribution in [2.24, 2.45) is 0 Å². The zero-order valence-corrected chi connectivity index (χ0v) is 11.4. The predicted molar refractivity (Wildman–Crippen MR) is 80.0 cm³/mol. The lowest BCUT2D eigenvalue weighted by atomic mass is 9.98. The monoisotopic (exact) mass is 281 g/mol.